The molecule has 0 aliphatic heterocycles. The molecule has 1 saturated carbocycles. The Labute approximate surface area is 136 Å². The minimum Gasteiger partial charge on any atom is -0.461 e. The average molecular weight is 317 g/mol. The van der Waals surface area contributed by atoms with E-state index in [1.165, 1.54) is 12.1 Å². The van der Waals surface area contributed by atoms with Gasteiger partial charge in [-0.2, -0.15) is 10.4 Å². The number of carbonyl (C=O) groups excluding carboxylic acids is 1. The molecule has 0 aromatic carbocycles. The van der Waals surface area contributed by atoms with Crippen molar-refractivity contribution in [2.24, 2.45) is 17.8 Å². The highest BCUT2D eigenvalue weighted by Crippen LogP contribution is 2.35. The first-order valence-corrected chi connectivity index (χ1v) is 8.08. The number of hydrogen-bond acceptors (Lipinski definition) is 5. The van der Waals surface area contributed by atoms with Gasteiger partial charge in [-0.1, -0.05) is 27.2 Å². The minimum absolute atomic E-state index is 0.101. The van der Waals surface area contributed by atoms with Gasteiger partial charge in [-0.3, -0.25) is 9.59 Å². The molecule has 6 heteroatoms. The molecule has 1 aromatic heterocycles. The predicted octanol–water partition coefficient (Wildman–Crippen LogP) is 2.12. The van der Waals surface area contributed by atoms with Crippen molar-refractivity contribution in [1.29, 1.82) is 5.26 Å². The lowest BCUT2D eigenvalue weighted by Crippen LogP contribution is -2.37. The van der Waals surface area contributed by atoms with E-state index in [0.29, 0.717) is 17.8 Å². The van der Waals surface area contributed by atoms with Crippen molar-refractivity contribution in [2.45, 2.75) is 52.7 Å². The van der Waals surface area contributed by atoms with Crippen LogP contribution in [-0.2, 0) is 16.1 Å². The van der Waals surface area contributed by atoms with E-state index in [9.17, 15) is 9.59 Å². The van der Waals surface area contributed by atoms with Crippen molar-refractivity contribution in [2.75, 3.05) is 0 Å². The molecule has 0 spiro atoms. The van der Waals surface area contributed by atoms with Crippen LogP contribution in [0.25, 0.3) is 0 Å². The van der Waals surface area contributed by atoms with Crippen LogP contribution < -0.4 is 5.56 Å². The fraction of sp³-hybridized carbons (Fsp3) is 0.647. The summed E-state index contributed by atoms with van der Waals surface area (Å²) in [6.45, 7) is 6.19. The summed E-state index contributed by atoms with van der Waals surface area (Å²) in [6.07, 6.45) is 2.96. The highest BCUT2D eigenvalue weighted by Gasteiger charge is 2.33. The van der Waals surface area contributed by atoms with Crippen molar-refractivity contribution >= 4 is 5.97 Å². The van der Waals surface area contributed by atoms with Gasteiger partial charge in [-0.15, -0.1) is 0 Å². The van der Waals surface area contributed by atoms with Crippen molar-refractivity contribution < 1.29 is 9.53 Å². The molecule has 3 atom stereocenters. The predicted molar refractivity (Wildman–Crippen MR) is 84.4 cm³/mol. The Morgan fingerprint density at radius 1 is 1.48 bits per heavy atom. The Bertz CT molecular complexity index is 660. The number of hydrogen-bond donors (Lipinski definition) is 0. The van der Waals surface area contributed by atoms with Crippen LogP contribution in [0.3, 0.4) is 0 Å². The van der Waals surface area contributed by atoms with Crippen LogP contribution in [0.15, 0.2) is 16.9 Å². The lowest BCUT2D eigenvalue weighted by atomic mass is 9.75. The monoisotopic (exact) mass is 317 g/mol. The van der Waals surface area contributed by atoms with Crippen molar-refractivity contribution in [3.63, 3.8) is 0 Å². The van der Waals surface area contributed by atoms with Gasteiger partial charge < -0.3 is 4.74 Å². The molecule has 124 valence electrons. The van der Waals surface area contributed by atoms with Gasteiger partial charge in [0.1, 0.15) is 18.7 Å². The summed E-state index contributed by atoms with van der Waals surface area (Å²) in [5.74, 6) is 0.860. The zero-order valence-corrected chi connectivity index (χ0v) is 13.9. The molecule has 3 unspecified atom stereocenters. The van der Waals surface area contributed by atoms with E-state index in [-0.39, 0.29) is 18.3 Å². The van der Waals surface area contributed by atoms with Gasteiger partial charge in [-0.05, 0) is 36.7 Å². The largest absolute Gasteiger partial charge is 0.461 e. The van der Waals surface area contributed by atoms with Gasteiger partial charge >= 0.3 is 5.97 Å². The maximum absolute atomic E-state index is 12.2. The summed E-state index contributed by atoms with van der Waals surface area (Å²) < 4.78 is 6.63. The third-order valence-electron chi connectivity index (χ3n) is 4.50. The normalized spacial score (nSPS) is 24.2. The molecule has 0 bridgehead atoms. The van der Waals surface area contributed by atoms with Crippen molar-refractivity contribution in [3.05, 3.63) is 28.2 Å². The summed E-state index contributed by atoms with van der Waals surface area (Å²) in [4.78, 5) is 23.9. The second kappa shape index (κ2) is 7.40. The SMILES string of the molecule is CC1CCC(C(C)C)C(OC(=O)Cn2nc(C#N)ccc2=O)C1. The summed E-state index contributed by atoms with van der Waals surface area (Å²) in [7, 11) is 0. The Balaban J connectivity index is 2.06. The fourth-order valence-electron chi connectivity index (χ4n) is 3.20. The molecule has 1 aliphatic rings. The number of aromatic nitrogens is 2. The number of nitrogens with zero attached hydrogens (tertiary/aromatic N) is 3. The lowest BCUT2D eigenvalue weighted by Gasteiger charge is -2.36. The average Bonchev–Trinajstić information content (AvgIpc) is 2.49. The van der Waals surface area contributed by atoms with Crippen LogP contribution in [0.1, 0.15) is 45.7 Å². The third-order valence-corrected chi connectivity index (χ3v) is 4.50. The van der Waals surface area contributed by atoms with Gasteiger partial charge in [0.15, 0.2) is 5.69 Å². The highest BCUT2D eigenvalue weighted by atomic mass is 16.5. The molecule has 6 nitrogen and oxygen atoms in total. The smallest absolute Gasteiger partial charge is 0.328 e. The number of nitriles is 1. The standard InChI is InChI=1S/C17H23N3O3/c1-11(2)14-6-4-12(3)8-15(14)23-17(22)10-20-16(21)7-5-13(9-18)19-20/h5,7,11-12,14-15H,4,6,8,10H2,1-3H3. The van der Waals surface area contributed by atoms with E-state index >= 15 is 0 Å². The van der Waals surface area contributed by atoms with Gasteiger partial charge in [0.25, 0.3) is 5.56 Å². The number of esters is 1. The highest BCUT2D eigenvalue weighted by molar-refractivity contribution is 5.69. The molecule has 0 radical (unpaired) electrons. The van der Waals surface area contributed by atoms with Gasteiger partial charge in [0, 0.05) is 6.07 Å². The topological polar surface area (TPSA) is 85.0 Å². The molecule has 1 fully saturated rings. The Kier molecular flexibility index (Phi) is 5.54. The second-order valence-corrected chi connectivity index (χ2v) is 6.68. The molecular formula is C17H23N3O3. The van der Waals surface area contributed by atoms with Crippen LogP contribution in [-0.4, -0.2) is 21.9 Å². The van der Waals surface area contributed by atoms with E-state index in [1.54, 1.807) is 0 Å². The number of rotatable bonds is 4. The summed E-state index contributed by atoms with van der Waals surface area (Å²) in [5, 5.41) is 12.7. The van der Waals surface area contributed by atoms with Crippen molar-refractivity contribution in [3.8, 4) is 6.07 Å². The Morgan fingerprint density at radius 3 is 2.87 bits per heavy atom. The van der Waals surface area contributed by atoms with Crippen LogP contribution in [0.2, 0.25) is 0 Å². The van der Waals surface area contributed by atoms with E-state index < -0.39 is 11.5 Å². The molecule has 1 aliphatic carbocycles. The van der Waals surface area contributed by atoms with Gasteiger partial charge in [0.05, 0.1) is 0 Å². The quantitative estimate of drug-likeness (QED) is 0.794. The van der Waals surface area contributed by atoms with Gasteiger partial charge in [0.2, 0.25) is 0 Å². The van der Waals surface area contributed by atoms with E-state index in [2.05, 4.69) is 25.9 Å². The molecule has 0 N–H and O–H groups in total. The summed E-state index contributed by atoms with van der Waals surface area (Å²) in [5.41, 5.74) is -0.317. The van der Waals surface area contributed by atoms with Crippen LogP contribution >= 0.6 is 0 Å². The first-order chi connectivity index (χ1) is 10.9. The Morgan fingerprint density at radius 2 is 2.22 bits per heavy atom. The van der Waals surface area contributed by atoms with Crippen LogP contribution in [0, 0.1) is 29.1 Å². The molecular weight excluding hydrogens is 294 g/mol. The number of carbonyl (C=O) groups is 1. The third kappa shape index (κ3) is 4.41. The Hall–Kier alpha value is -2.16. The van der Waals surface area contributed by atoms with Crippen molar-refractivity contribution in [1.82, 2.24) is 9.78 Å². The molecule has 0 saturated heterocycles. The summed E-state index contributed by atoms with van der Waals surface area (Å²) in [6, 6.07) is 4.42. The fourth-order valence-corrected chi connectivity index (χ4v) is 3.20. The zero-order valence-electron chi connectivity index (χ0n) is 13.9. The minimum atomic E-state index is -0.473. The maximum atomic E-state index is 12.2. The molecule has 23 heavy (non-hydrogen) atoms. The van der Waals surface area contributed by atoms with Crippen LogP contribution in [0.5, 0.6) is 0 Å². The molecule has 2 rings (SSSR count). The van der Waals surface area contributed by atoms with E-state index in [1.807, 2.05) is 6.07 Å². The second-order valence-electron chi connectivity index (χ2n) is 6.68. The zero-order chi connectivity index (χ0) is 17.0. The first-order valence-electron chi connectivity index (χ1n) is 8.08. The van der Waals surface area contributed by atoms with E-state index in [4.69, 9.17) is 10.00 Å². The van der Waals surface area contributed by atoms with Crippen LogP contribution in [0.4, 0.5) is 0 Å². The molecule has 0 amide bonds. The first kappa shape index (κ1) is 17.2. The number of ether oxygens (including phenoxy) is 1. The van der Waals surface area contributed by atoms with Gasteiger partial charge in [-0.25, -0.2) is 4.68 Å². The maximum Gasteiger partial charge on any atom is 0.328 e. The molecule has 1 heterocycles. The van der Waals surface area contributed by atoms with E-state index in [0.717, 1.165) is 23.9 Å². The molecule has 1 aromatic rings. The summed E-state index contributed by atoms with van der Waals surface area (Å²) >= 11 is 0. The lowest BCUT2D eigenvalue weighted by molar-refractivity contribution is -0.157.